The third-order valence-electron chi connectivity index (χ3n) is 1.53. The fourth-order valence-electron chi connectivity index (χ4n) is 0.949. The second-order valence-corrected chi connectivity index (χ2v) is 2.68. The number of pyridine rings is 1. The largest absolute Gasteiger partial charge is 0.402 e. The van der Waals surface area contributed by atoms with Crippen molar-refractivity contribution < 1.29 is 18.3 Å². The van der Waals surface area contributed by atoms with Crippen LogP contribution in [-0.4, -0.2) is 17.1 Å². The summed E-state index contributed by atoms with van der Waals surface area (Å²) in [6, 6.07) is 2.47. The maximum Gasteiger partial charge on any atom is 0.389 e. The summed E-state index contributed by atoms with van der Waals surface area (Å²) in [6.45, 7) is -3.77. The number of carbonyl (C=O) groups is 1. The maximum absolute atomic E-state index is 11.6. The van der Waals surface area contributed by atoms with Gasteiger partial charge in [-0.05, 0) is 6.07 Å². The summed E-state index contributed by atoms with van der Waals surface area (Å²) in [5.74, 6) is -1.20. The highest BCUT2D eigenvalue weighted by Gasteiger charge is 2.11. The number of aromatic nitrogens is 1. The topological polar surface area (TPSA) is 74.3 Å². The van der Waals surface area contributed by atoms with Gasteiger partial charge in [-0.2, -0.15) is 8.78 Å². The van der Waals surface area contributed by atoms with Crippen LogP contribution in [0.3, 0.4) is 0 Å². The number of ether oxygens (including phenoxy) is 1. The Labute approximate surface area is 83.1 Å². The molecule has 1 rings (SSSR count). The number of alkyl halides is 2. The highest BCUT2D eigenvalue weighted by molar-refractivity contribution is 5.69. The van der Waals surface area contributed by atoms with E-state index >= 15 is 0 Å². The molecule has 0 aliphatic rings. The van der Waals surface area contributed by atoms with Gasteiger partial charge in [0.15, 0.2) is 0 Å². The minimum absolute atomic E-state index is 0.249. The van der Waals surface area contributed by atoms with Gasteiger partial charge in [-0.25, -0.2) is 4.79 Å². The first-order valence-electron chi connectivity index (χ1n) is 3.92. The van der Waals surface area contributed by atoms with Crippen LogP contribution in [0.2, 0.25) is 0 Å². The molecule has 0 radical (unpaired) electrons. The fourth-order valence-corrected chi connectivity index (χ4v) is 0.949. The second-order valence-electron chi connectivity index (χ2n) is 2.68. The van der Waals surface area contributed by atoms with Gasteiger partial charge in [0.1, 0.15) is 6.54 Å². The van der Waals surface area contributed by atoms with Crippen LogP contribution in [0.15, 0.2) is 23.1 Å². The van der Waals surface area contributed by atoms with Crippen molar-refractivity contribution in [3.05, 3.63) is 28.7 Å². The van der Waals surface area contributed by atoms with E-state index in [-0.39, 0.29) is 5.69 Å². The number of rotatable bonds is 3. The van der Waals surface area contributed by atoms with Crippen LogP contribution in [0.25, 0.3) is 0 Å². The molecule has 0 bridgehead atoms. The number of halogens is 2. The molecule has 0 aliphatic carbocycles. The molecule has 5 nitrogen and oxygen atoms in total. The smallest absolute Gasteiger partial charge is 0.389 e. The molecule has 15 heavy (non-hydrogen) atoms. The maximum atomic E-state index is 11.6. The first kappa shape index (κ1) is 11.2. The Balaban J connectivity index is 2.76. The standard InChI is InChI=1S/C8H8F2N2O3/c9-8(10)15-7(14)4-12-3-5(11)1-2-6(12)13/h1-3,8H,4,11H2. The number of carbonyl (C=O) groups excluding carboxylic acids is 1. The summed E-state index contributed by atoms with van der Waals surface area (Å²) >= 11 is 0. The zero-order valence-electron chi connectivity index (χ0n) is 7.52. The van der Waals surface area contributed by atoms with Gasteiger partial charge in [0.2, 0.25) is 0 Å². The van der Waals surface area contributed by atoms with Crippen molar-refractivity contribution in [3.8, 4) is 0 Å². The lowest BCUT2D eigenvalue weighted by atomic mass is 10.4. The van der Waals surface area contributed by atoms with Crippen molar-refractivity contribution in [2.24, 2.45) is 0 Å². The molecule has 82 valence electrons. The Kier molecular flexibility index (Phi) is 3.37. The molecule has 0 saturated heterocycles. The highest BCUT2D eigenvalue weighted by atomic mass is 19.3. The monoisotopic (exact) mass is 218 g/mol. The van der Waals surface area contributed by atoms with Crippen LogP contribution in [0.5, 0.6) is 0 Å². The molecule has 0 atom stereocenters. The van der Waals surface area contributed by atoms with Crippen molar-refractivity contribution in [3.63, 3.8) is 0 Å². The van der Waals surface area contributed by atoms with Gasteiger partial charge in [0.25, 0.3) is 5.56 Å². The van der Waals surface area contributed by atoms with E-state index in [1.54, 1.807) is 0 Å². The molecule has 1 heterocycles. The molecule has 0 fully saturated rings. The predicted octanol–water partition coefficient (Wildman–Crippen LogP) is 0.196. The Morgan fingerprint density at radius 3 is 2.80 bits per heavy atom. The molecular weight excluding hydrogens is 210 g/mol. The molecule has 1 aromatic rings. The van der Waals surface area contributed by atoms with Crippen LogP contribution < -0.4 is 11.3 Å². The van der Waals surface area contributed by atoms with Gasteiger partial charge >= 0.3 is 12.6 Å². The third-order valence-corrected chi connectivity index (χ3v) is 1.53. The van der Waals surface area contributed by atoms with Gasteiger partial charge in [-0.1, -0.05) is 0 Å². The normalized spacial score (nSPS) is 10.3. The highest BCUT2D eigenvalue weighted by Crippen LogP contribution is 1.99. The predicted molar refractivity (Wildman–Crippen MR) is 47.2 cm³/mol. The zero-order chi connectivity index (χ0) is 11.4. The van der Waals surface area contributed by atoms with Crippen molar-refractivity contribution in [1.29, 1.82) is 0 Å². The van der Waals surface area contributed by atoms with E-state index in [0.29, 0.717) is 0 Å². The van der Waals surface area contributed by atoms with E-state index in [0.717, 1.165) is 10.6 Å². The van der Waals surface area contributed by atoms with Crippen LogP contribution >= 0.6 is 0 Å². The molecule has 0 unspecified atom stereocenters. The summed E-state index contributed by atoms with van der Waals surface area (Å²) < 4.78 is 27.7. The van der Waals surface area contributed by atoms with E-state index < -0.39 is 24.7 Å². The van der Waals surface area contributed by atoms with Crippen LogP contribution in [0, 0.1) is 0 Å². The Hall–Kier alpha value is -1.92. The lowest BCUT2D eigenvalue weighted by Gasteiger charge is -2.05. The second kappa shape index (κ2) is 4.54. The molecule has 2 N–H and O–H groups in total. The molecular formula is C8H8F2N2O3. The van der Waals surface area contributed by atoms with Crippen molar-refractivity contribution >= 4 is 11.7 Å². The van der Waals surface area contributed by atoms with Gasteiger partial charge in [0.05, 0.1) is 0 Å². The lowest BCUT2D eigenvalue weighted by molar-refractivity contribution is -0.176. The van der Waals surface area contributed by atoms with Crippen molar-refractivity contribution in [2.45, 2.75) is 13.2 Å². The average molecular weight is 218 g/mol. The number of hydrogen-bond acceptors (Lipinski definition) is 4. The summed E-state index contributed by atoms with van der Waals surface area (Å²) in [6.07, 6.45) is 1.18. The number of hydrogen-bond donors (Lipinski definition) is 1. The number of anilines is 1. The van der Waals surface area contributed by atoms with Crippen molar-refractivity contribution in [2.75, 3.05) is 5.73 Å². The number of esters is 1. The van der Waals surface area contributed by atoms with Gasteiger partial charge in [0, 0.05) is 18.0 Å². The molecule has 1 aromatic heterocycles. The first-order chi connectivity index (χ1) is 6.99. The molecule has 0 spiro atoms. The van der Waals surface area contributed by atoms with Crippen LogP contribution in [-0.2, 0) is 16.1 Å². The molecule has 0 amide bonds. The van der Waals surface area contributed by atoms with E-state index in [9.17, 15) is 18.4 Å². The molecule has 7 heteroatoms. The average Bonchev–Trinajstić information content (AvgIpc) is 2.10. The Morgan fingerprint density at radius 1 is 1.53 bits per heavy atom. The van der Waals surface area contributed by atoms with Gasteiger partial charge in [-0.15, -0.1) is 0 Å². The summed E-state index contributed by atoms with van der Waals surface area (Å²) in [7, 11) is 0. The number of nitrogens with zero attached hydrogens (tertiary/aromatic N) is 1. The summed E-state index contributed by atoms with van der Waals surface area (Å²) in [5, 5.41) is 0. The van der Waals surface area contributed by atoms with Gasteiger partial charge in [-0.3, -0.25) is 4.79 Å². The first-order valence-corrected chi connectivity index (χ1v) is 3.92. The van der Waals surface area contributed by atoms with E-state index in [4.69, 9.17) is 5.73 Å². The summed E-state index contributed by atoms with van der Waals surface area (Å²) in [4.78, 5) is 21.9. The van der Waals surface area contributed by atoms with Gasteiger partial charge < -0.3 is 15.0 Å². The zero-order valence-corrected chi connectivity index (χ0v) is 7.52. The third kappa shape index (κ3) is 3.37. The Bertz CT molecular complexity index is 417. The molecule has 0 aromatic carbocycles. The molecule has 0 saturated carbocycles. The minimum atomic E-state index is -3.19. The number of nitrogens with two attached hydrogens (primary N) is 1. The summed E-state index contributed by atoms with van der Waals surface area (Å²) in [5.41, 5.74) is 5.08. The fraction of sp³-hybridized carbons (Fsp3) is 0.250. The van der Waals surface area contributed by atoms with E-state index in [1.165, 1.54) is 12.3 Å². The van der Waals surface area contributed by atoms with E-state index in [2.05, 4.69) is 4.74 Å². The molecule has 0 aliphatic heterocycles. The quantitative estimate of drug-likeness (QED) is 0.735. The lowest BCUT2D eigenvalue weighted by Crippen LogP contribution is -2.25. The van der Waals surface area contributed by atoms with Crippen LogP contribution in [0.4, 0.5) is 14.5 Å². The van der Waals surface area contributed by atoms with Crippen LogP contribution in [0.1, 0.15) is 0 Å². The minimum Gasteiger partial charge on any atom is -0.402 e. The SMILES string of the molecule is Nc1ccc(=O)n(CC(=O)OC(F)F)c1. The van der Waals surface area contributed by atoms with Crippen molar-refractivity contribution in [1.82, 2.24) is 4.57 Å². The Morgan fingerprint density at radius 2 is 2.20 bits per heavy atom. The van der Waals surface area contributed by atoms with E-state index in [1.807, 2.05) is 0 Å². The number of nitrogen functional groups attached to an aromatic ring is 1.